The third-order valence-electron chi connectivity index (χ3n) is 5.65. The molecule has 2 aromatic heterocycles. The molecule has 34 heavy (non-hydrogen) atoms. The molecule has 0 aliphatic rings. The second-order valence-corrected chi connectivity index (χ2v) is 8.85. The van der Waals surface area contributed by atoms with E-state index in [1.165, 1.54) is 6.33 Å². The average Bonchev–Trinajstić information content (AvgIpc) is 3.13. The average molecular weight is 481 g/mol. The molecule has 0 bridgehead atoms. The van der Waals surface area contributed by atoms with Crippen LogP contribution in [0.3, 0.4) is 0 Å². The molecular formula is C24H29ClN8O. The Morgan fingerprint density at radius 3 is 2.65 bits per heavy atom. The lowest BCUT2D eigenvalue weighted by Gasteiger charge is -2.24. The molecule has 4 rings (SSSR count). The van der Waals surface area contributed by atoms with Crippen molar-refractivity contribution in [2.45, 2.75) is 0 Å². The topological polar surface area (TPSA) is 97.4 Å². The van der Waals surface area contributed by atoms with Crippen LogP contribution in [0.2, 0.25) is 5.02 Å². The zero-order chi connectivity index (χ0) is 24.4. The first-order chi connectivity index (χ1) is 16.3. The summed E-state index contributed by atoms with van der Waals surface area (Å²) in [4.78, 5) is 17.6. The van der Waals surface area contributed by atoms with Gasteiger partial charge in [-0.25, -0.2) is 9.97 Å². The van der Waals surface area contributed by atoms with Gasteiger partial charge in [-0.2, -0.15) is 4.98 Å². The highest BCUT2D eigenvalue weighted by Crippen LogP contribution is 2.36. The van der Waals surface area contributed by atoms with Crippen molar-refractivity contribution in [1.29, 1.82) is 0 Å². The van der Waals surface area contributed by atoms with E-state index in [0.29, 0.717) is 33.9 Å². The maximum absolute atomic E-state index is 6.39. The molecule has 0 fully saturated rings. The van der Waals surface area contributed by atoms with Crippen LogP contribution in [0, 0.1) is 0 Å². The van der Waals surface area contributed by atoms with E-state index < -0.39 is 0 Å². The summed E-state index contributed by atoms with van der Waals surface area (Å²) in [7, 11) is 9.70. The summed E-state index contributed by atoms with van der Waals surface area (Å²) < 4.78 is 7.65. The number of halogens is 1. The Bertz CT molecular complexity index is 1320. The summed E-state index contributed by atoms with van der Waals surface area (Å²) in [5.74, 6) is 1.56. The summed E-state index contributed by atoms with van der Waals surface area (Å²) in [6.07, 6.45) is 3.46. The number of hydrogen-bond acceptors (Lipinski definition) is 8. The molecule has 4 aromatic rings. The molecule has 0 unspecified atom stereocenters. The van der Waals surface area contributed by atoms with E-state index in [1.807, 2.05) is 69.3 Å². The number of aryl methyl sites for hydroxylation is 1. The van der Waals surface area contributed by atoms with Crippen molar-refractivity contribution < 1.29 is 4.74 Å². The van der Waals surface area contributed by atoms with E-state index in [-0.39, 0.29) is 0 Å². The number of methoxy groups -OCH3 is 1. The van der Waals surface area contributed by atoms with Gasteiger partial charge in [0.1, 0.15) is 12.1 Å². The van der Waals surface area contributed by atoms with Gasteiger partial charge in [0.15, 0.2) is 5.82 Å². The molecule has 2 heterocycles. The minimum Gasteiger partial charge on any atom is -0.494 e. The van der Waals surface area contributed by atoms with Crippen LogP contribution >= 0.6 is 11.6 Å². The molecule has 0 aliphatic heterocycles. The van der Waals surface area contributed by atoms with Crippen molar-refractivity contribution in [3.05, 3.63) is 47.9 Å². The van der Waals surface area contributed by atoms with E-state index >= 15 is 0 Å². The molecule has 0 saturated heterocycles. The van der Waals surface area contributed by atoms with Gasteiger partial charge in [0.05, 0.1) is 24.2 Å². The molecule has 0 saturated carbocycles. The quantitative estimate of drug-likeness (QED) is 0.365. The summed E-state index contributed by atoms with van der Waals surface area (Å²) >= 11 is 6.24. The summed E-state index contributed by atoms with van der Waals surface area (Å²) in [5.41, 5.74) is 10.5. The van der Waals surface area contributed by atoms with E-state index in [0.717, 1.165) is 35.2 Å². The number of anilines is 4. The molecule has 0 amide bonds. The Morgan fingerprint density at radius 1 is 1.12 bits per heavy atom. The number of fused-ring (bicyclic) bond motifs is 1. The van der Waals surface area contributed by atoms with E-state index in [2.05, 4.69) is 30.1 Å². The predicted molar refractivity (Wildman–Crippen MR) is 139 cm³/mol. The van der Waals surface area contributed by atoms with Gasteiger partial charge in [0.25, 0.3) is 0 Å². The Kier molecular flexibility index (Phi) is 6.76. The summed E-state index contributed by atoms with van der Waals surface area (Å²) in [5, 5.41) is 4.86. The minimum atomic E-state index is 0.385. The fourth-order valence-electron chi connectivity index (χ4n) is 3.80. The lowest BCUT2D eigenvalue weighted by atomic mass is 10.1. The maximum Gasteiger partial charge on any atom is 0.230 e. The second kappa shape index (κ2) is 9.74. The highest BCUT2D eigenvalue weighted by atomic mass is 35.5. The van der Waals surface area contributed by atoms with Crippen LogP contribution in [0.5, 0.6) is 5.75 Å². The number of benzene rings is 2. The second-order valence-electron chi connectivity index (χ2n) is 8.41. The largest absolute Gasteiger partial charge is 0.494 e. The van der Waals surface area contributed by atoms with Gasteiger partial charge < -0.3 is 30.2 Å². The molecule has 0 atom stereocenters. The van der Waals surface area contributed by atoms with Crippen LogP contribution in [-0.2, 0) is 7.05 Å². The van der Waals surface area contributed by atoms with E-state index in [1.54, 1.807) is 7.11 Å². The van der Waals surface area contributed by atoms with Gasteiger partial charge in [0.2, 0.25) is 5.95 Å². The molecule has 0 radical (unpaired) electrons. The number of nitrogen functional groups attached to an aromatic ring is 1. The van der Waals surface area contributed by atoms with Crippen LogP contribution in [0.25, 0.3) is 22.3 Å². The van der Waals surface area contributed by atoms with Gasteiger partial charge in [0, 0.05) is 60.9 Å². The zero-order valence-electron chi connectivity index (χ0n) is 20.0. The number of ether oxygens (including phenoxy) is 1. The fourth-order valence-corrected chi connectivity index (χ4v) is 3.97. The van der Waals surface area contributed by atoms with E-state index in [9.17, 15) is 0 Å². The van der Waals surface area contributed by atoms with Crippen LogP contribution in [0.1, 0.15) is 0 Å². The Balaban J connectivity index is 1.65. The Hall–Kier alpha value is -3.56. The Labute approximate surface area is 204 Å². The van der Waals surface area contributed by atoms with Crippen LogP contribution in [0.4, 0.5) is 23.0 Å². The van der Waals surface area contributed by atoms with Crippen molar-refractivity contribution >= 4 is 45.5 Å². The third kappa shape index (κ3) is 4.85. The van der Waals surface area contributed by atoms with Crippen LogP contribution in [0.15, 0.2) is 42.9 Å². The molecule has 10 heteroatoms. The highest BCUT2D eigenvalue weighted by Gasteiger charge is 2.16. The summed E-state index contributed by atoms with van der Waals surface area (Å²) in [6, 6.07) is 9.51. The van der Waals surface area contributed by atoms with Crippen LogP contribution < -0.4 is 20.7 Å². The van der Waals surface area contributed by atoms with Gasteiger partial charge >= 0.3 is 0 Å². The molecule has 178 valence electrons. The predicted octanol–water partition coefficient (Wildman–Crippen LogP) is 4.02. The van der Waals surface area contributed by atoms with Crippen molar-refractivity contribution in [3.63, 3.8) is 0 Å². The maximum atomic E-state index is 6.39. The SMILES string of the molecule is COc1cc(N(C)CCN(C)C)c(N)cc1Nc1ncnc(-c2cn(C)c3ccc(Cl)cc23)n1. The summed E-state index contributed by atoms with van der Waals surface area (Å²) in [6.45, 7) is 1.74. The number of likely N-dealkylation sites (N-methyl/N-ethyl adjacent to an activating group) is 2. The highest BCUT2D eigenvalue weighted by molar-refractivity contribution is 6.31. The van der Waals surface area contributed by atoms with Gasteiger partial charge in [-0.05, 0) is 38.4 Å². The number of aromatic nitrogens is 4. The lowest BCUT2D eigenvalue weighted by molar-refractivity contribution is 0.413. The smallest absolute Gasteiger partial charge is 0.230 e. The molecule has 2 aromatic carbocycles. The zero-order valence-corrected chi connectivity index (χ0v) is 20.8. The number of nitrogens with two attached hydrogens (primary N) is 1. The monoisotopic (exact) mass is 480 g/mol. The van der Waals surface area contributed by atoms with Crippen molar-refractivity contribution in [2.24, 2.45) is 7.05 Å². The molecule has 9 nitrogen and oxygen atoms in total. The van der Waals surface area contributed by atoms with Crippen molar-refractivity contribution in [1.82, 2.24) is 24.4 Å². The van der Waals surface area contributed by atoms with Gasteiger partial charge in [-0.1, -0.05) is 11.6 Å². The van der Waals surface area contributed by atoms with Crippen LogP contribution in [-0.4, -0.2) is 65.8 Å². The van der Waals surface area contributed by atoms with Crippen molar-refractivity contribution in [3.8, 4) is 17.1 Å². The molecule has 0 spiro atoms. The fraction of sp³-hybridized carbons (Fsp3) is 0.292. The Morgan fingerprint density at radius 2 is 1.91 bits per heavy atom. The molecule has 3 N–H and O–H groups in total. The molecular weight excluding hydrogens is 452 g/mol. The third-order valence-corrected chi connectivity index (χ3v) is 5.89. The minimum absolute atomic E-state index is 0.385. The van der Waals surface area contributed by atoms with Gasteiger partial charge in [-0.3, -0.25) is 0 Å². The number of nitrogens with zero attached hydrogens (tertiary/aromatic N) is 6. The first-order valence-electron chi connectivity index (χ1n) is 10.8. The van der Waals surface area contributed by atoms with Gasteiger partial charge in [-0.15, -0.1) is 0 Å². The van der Waals surface area contributed by atoms with E-state index in [4.69, 9.17) is 22.1 Å². The van der Waals surface area contributed by atoms with Crippen molar-refractivity contribution in [2.75, 3.05) is 57.3 Å². The number of rotatable bonds is 8. The molecule has 0 aliphatic carbocycles. The first-order valence-corrected chi connectivity index (χ1v) is 11.2. The lowest BCUT2D eigenvalue weighted by Crippen LogP contribution is -2.29. The first kappa shape index (κ1) is 23.6. The number of nitrogens with one attached hydrogen (secondary N) is 1. The number of hydrogen-bond donors (Lipinski definition) is 2. The normalized spacial score (nSPS) is 11.3. The standard InChI is InChI=1S/C24H29ClN8O/c1-31(2)8-9-32(3)21-12-22(34-5)19(11-18(21)26)29-24-28-14-27-23(30-24)17-13-33(4)20-7-6-15(25)10-16(17)20/h6-7,10-14H,8-9,26H2,1-5H3,(H,27,28,29,30).